The number of ether oxygens (including phenoxy) is 3. The van der Waals surface area contributed by atoms with E-state index in [1.807, 2.05) is 0 Å². The second kappa shape index (κ2) is 59.7. The van der Waals surface area contributed by atoms with Gasteiger partial charge in [-0.25, -0.2) is 0 Å². The predicted molar refractivity (Wildman–Crippen MR) is 307 cm³/mol. The highest BCUT2D eigenvalue weighted by Crippen LogP contribution is 2.17. The minimum Gasteiger partial charge on any atom is -0.462 e. The molecule has 0 aliphatic rings. The van der Waals surface area contributed by atoms with Crippen LogP contribution in [0.2, 0.25) is 0 Å². The molecule has 0 spiro atoms. The molecule has 0 amide bonds. The lowest BCUT2D eigenvalue weighted by Gasteiger charge is -2.18. The average Bonchev–Trinajstić information content (AvgIpc) is 3.37. The minimum atomic E-state index is -0.792. The summed E-state index contributed by atoms with van der Waals surface area (Å²) in [5, 5.41) is 0. The van der Waals surface area contributed by atoms with E-state index < -0.39 is 6.10 Å². The zero-order chi connectivity index (χ0) is 51.4. The van der Waals surface area contributed by atoms with E-state index in [-0.39, 0.29) is 31.1 Å². The van der Waals surface area contributed by atoms with E-state index in [0.717, 1.165) is 83.5 Å². The first-order valence-electron chi connectivity index (χ1n) is 30.8. The molecular weight excluding hydrogens is 877 g/mol. The maximum atomic E-state index is 12.9. The molecule has 0 rings (SSSR count). The molecule has 412 valence electrons. The third kappa shape index (κ3) is 57.9. The van der Waals surface area contributed by atoms with Crippen LogP contribution in [0.3, 0.4) is 0 Å². The first kappa shape index (κ1) is 68.1. The molecular formula is C65H116O6. The standard InChI is InChI=1S/C65H116O6/c1-4-7-10-13-16-19-22-25-28-30-32-34-37-40-43-46-49-52-55-58-64(67)70-61-62(60-69-63(66)57-54-51-48-45-42-39-36-27-24-21-18-15-12-9-6-3)71-65(68)59-56-53-50-47-44-41-38-35-33-31-29-26-23-20-17-14-11-8-5-2/h9,12,18,21,27,30,32,36,42,45,62H,4-8,10-11,13-17,19-20,22-26,28-29,31,33-35,37-41,43-44,46-61H2,1-3H3/b12-9-,21-18-,32-30-,36-27-,45-42-/t62-/m1/s1. The van der Waals surface area contributed by atoms with Gasteiger partial charge in [0, 0.05) is 19.3 Å². The zero-order valence-corrected chi connectivity index (χ0v) is 47.2. The summed E-state index contributed by atoms with van der Waals surface area (Å²) in [4.78, 5) is 38.2. The predicted octanol–water partition coefficient (Wildman–Crippen LogP) is 20.8. The molecule has 0 saturated heterocycles. The summed E-state index contributed by atoms with van der Waals surface area (Å²) >= 11 is 0. The number of hydrogen-bond donors (Lipinski definition) is 0. The van der Waals surface area contributed by atoms with Gasteiger partial charge in [-0.3, -0.25) is 14.4 Å². The van der Waals surface area contributed by atoms with Crippen LogP contribution in [0.15, 0.2) is 60.8 Å². The van der Waals surface area contributed by atoms with E-state index in [4.69, 9.17) is 14.2 Å². The van der Waals surface area contributed by atoms with Crippen LogP contribution in [0.1, 0.15) is 316 Å². The summed E-state index contributed by atoms with van der Waals surface area (Å²) in [7, 11) is 0. The van der Waals surface area contributed by atoms with Crippen molar-refractivity contribution in [3.63, 3.8) is 0 Å². The molecule has 0 N–H and O–H groups in total. The fraction of sp³-hybridized carbons (Fsp3) is 0.800. The van der Waals surface area contributed by atoms with E-state index in [1.54, 1.807) is 0 Å². The van der Waals surface area contributed by atoms with Gasteiger partial charge in [0.05, 0.1) is 0 Å². The average molecular weight is 994 g/mol. The van der Waals surface area contributed by atoms with Crippen molar-refractivity contribution >= 4 is 17.9 Å². The van der Waals surface area contributed by atoms with Gasteiger partial charge in [0.1, 0.15) is 13.2 Å². The van der Waals surface area contributed by atoms with Crippen molar-refractivity contribution < 1.29 is 28.6 Å². The molecule has 6 nitrogen and oxygen atoms in total. The number of carbonyl (C=O) groups excluding carboxylic acids is 3. The van der Waals surface area contributed by atoms with Crippen molar-refractivity contribution in [2.75, 3.05) is 13.2 Å². The fourth-order valence-electron chi connectivity index (χ4n) is 8.90. The Bertz CT molecular complexity index is 1280. The van der Waals surface area contributed by atoms with Crippen LogP contribution >= 0.6 is 0 Å². The van der Waals surface area contributed by atoms with Gasteiger partial charge in [0.2, 0.25) is 0 Å². The molecule has 0 saturated carbocycles. The molecule has 0 aromatic rings. The largest absolute Gasteiger partial charge is 0.462 e. The second-order valence-corrected chi connectivity index (χ2v) is 20.6. The zero-order valence-electron chi connectivity index (χ0n) is 47.2. The monoisotopic (exact) mass is 993 g/mol. The maximum absolute atomic E-state index is 12.9. The Balaban J connectivity index is 4.38. The molecule has 0 aliphatic carbocycles. The summed E-state index contributed by atoms with van der Waals surface area (Å²) in [5.74, 6) is -0.917. The van der Waals surface area contributed by atoms with Crippen LogP contribution in [0, 0.1) is 0 Å². The van der Waals surface area contributed by atoms with Crippen molar-refractivity contribution in [3.05, 3.63) is 60.8 Å². The lowest BCUT2D eigenvalue weighted by atomic mass is 10.0. The van der Waals surface area contributed by atoms with Crippen LogP contribution in [0.5, 0.6) is 0 Å². The normalized spacial score (nSPS) is 12.4. The fourth-order valence-corrected chi connectivity index (χ4v) is 8.90. The second-order valence-electron chi connectivity index (χ2n) is 20.6. The Morgan fingerprint density at radius 2 is 0.549 bits per heavy atom. The third-order valence-electron chi connectivity index (χ3n) is 13.5. The van der Waals surface area contributed by atoms with Crippen molar-refractivity contribution in [1.82, 2.24) is 0 Å². The van der Waals surface area contributed by atoms with Gasteiger partial charge in [0.15, 0.2) is 6.10 Å². The van der Waals surface area contributed by atoms with Gasteiger partial charge in [0.25, 0.3) is 0 Å². The molecule has 0 fully saturated rings. The smallest absolute Gasteiger partial charge is 0.306 e. The van der Waals surface area contributed by atoms with E-state index in [2.05, 4.69) is 81.5 Å². The first-order chi connectivity index (χ1) is 35.0. The van der Waals surface area contributed by atoms with Crippen LogP contribution < -0.4 is 0 Å². The van der Waals surface area contributed by atoms with Gasteiger partial charge in [-0.1, -0.05) is 274 Å². The van der Waals surface area contributed by atoms with Crippen molar-refractivity contribution in [2.24, 2.45) is 0 Å². The van der Waals surface area contributed by atoms with Crippen molar-refractivity contribution in [3.8, 4) is 0 Å². The molecule has 6 heteroatoms. The van der Waals surface area contributed by atoms with Crippen molar-refractivity contribution in [1.29, 1.82) is 0 Å². The highest BCUT2D eigenvalue weighted by molar-refractivity contribution is 5.71. The van der Waals surface area contributed by atoms with Gasteiger partial charge < -0.3 is 14.2 Å². The lowest BCUT2D eigenvalue weighted by Crippen LogP contribution is -2.30. The van der Waals surface area contributed by atoms with Crippen molar-refractivity contribution in [2.45, 2.75) is 322 Å². The number of carbonyl (C=O) groups is 3. The third-order valence-corrected chi connectivity index (χ3v) is 13.5. The molecule has 1 atom stereocenters. The number of unbranched alkanes of at least 4 members (excludes halogenated alkanes) is 35. The van der Waals surface area contributed by atoms with Gasteiger partial charge >= 0.3 is 17.9 Å². The summed E-state index contributed by atoms with van der Waals surface area (Å²) in [6.07, 6.45) is 75.1. The minimum absolute atomic E-state index is 0.0869. The van der Waals surface area contributed by atoms with Crippen LogP contribution in [0.4, 0.5) is 0 Å². The first-order valence-corrected chi connectivity index (χ1v) is 30.8. The number of esters is 3. The molecule has 0 unspecified atom stereocenters. The number of hydrogen-bond acceptors (Lipinski definition) is 6. The van der Waals surface area contributed by atoms with Crippen LogP contribution in [0.25, 0.3) is 0 Å². The van der Waals surface area contributed by atoms with Gasteiger partial charge in [-0.05, 0) is 83.5 Å². The van der Waals surface area contributed by atoms with E-state index in [0.29, 0.717) is 19.3 Å². The quantitative estimate of drug-likeness (QED) is 0.0261. The maximum Gasteiger partial charge on any atom is 0.306 e. The highest BCUT2D eigenvalue weighted by atomic mass is 16.6. The summed E-state index contributed by atoms with van der Waals surface area (Å²) in [5.41, 5.74) is 0. The molecule has 0 aromatic heterocycles. The molecule has 0 radical (unpaired) electrons. The molecule has 0 aliphatic heterocycles. The van der Waals surface area contributed by atoms with E-state index >= 15 is 0 Å². The summed E-state index contributed by atoms with van der Waals surface area (Å²) < 4.78 is 16.9. The highest BCUT2D eigenvalue weighted by Gasteiger charge is 2.19. The molecule has 0 heterocycles. The van der Waals surface area contributed by atoms with E-state index in [9.17, 15) is 14.4 Å². The molecule has 0 aromatic carbocycles. The van der Waals surface area contributed by atoms with Gasteiger partial charge in [-0.2, -0.15) is 0 Å². The lowest BCUT2D eigenvalue weighted by molar-refractivity contribution is -0.167. The Morgan fingerprint density at radius 1 is 0.296 bits per heavy atom. The van der Waals surface area contributed by atoms with Crippen LogP contribution in [-0.4, -0.2) is 37.2 Å². The molecule has 71 heavy (non-hydrogen) atoms. The summed E-state index contributed by atoms with van der Waals surface area (Å²) in [6.45, 7) is 6.53. The molecule has 0 bridgehead atoms. The summed E-state index contributed by atoms with van der Waals surface area (Å²) in [6, 6.07) is 0. The SMILES string of the molecule is CC/C=C\C/C=C\C/C=C\C/C=C\CCCCC(=O)OC[C@H](COC(=O)CCCCCCCCC/C=C\CCCCCCCCCC)OC(=O)CCCCCCCCCCCCCCCCCCCCC. The Kier molecular flexibility index (Phi) is 57.2. The Morgan fingerprint density at radius 3 is 0.901 bits per heavy atom. The number of rotatable bonds is 56. The van der Waals surface area contributed by atoms with Crippen LogP contribution in [-0.2, 0) is 28.6 Å². The van der Waals surface area contributed by atoms with E-state index in [1.165, 1.54) is 193 Å². The van der Waals surface area contributed by atoms with Gasteiger partial charge in [-0.15, -0.1) is 0 Å². The Hall–Kier alpha value is -2.89. The Labute approximate surface area is 440 Å². The number of allylic oxidation sites excluding steroid dienone is 10. The topological polar surface area (TPSA) is 78.9 Å².